The molecule has 0 spiro atoms. The molecule has 0 fully saturated rings. The Morgan fingerprint density at radius 3 is 2.56 bits per heavy atom. The van der Waals surface area contributed by atoms with Crippen molar-refractivity contribution in [2.24, 2.45) is 0 Å². The minimum atomic E-state index is -1.22. The summed E-state index contributed by atoms with van der Waals surface area (Å²) >= 11 is 5.54. The molecule has 18 heavy (non-hydrogen) atoms. The van der Waals surface area contributed by atoms with E-state index in [0.29, 0.717) is 0 Å². The smallest absolute Gasteiger partial charge is 0.223 e. The van der Waals surface area contributed by atoms with E-state index in [-0.39, 0.29) is 16.5 Å². The largest absolute Gasteiger partial charge is 0.493 e. The molecular weight excluding hydrogens is 269 g/mol. The number of hydrogen-bond donors (Lipinski definition) is 0. The summed E-state index contributed by atoms with van der Waals surface area (Å²) in [5.74, 6) is -3.58. The van der Waals surface area contributed by atoms with Gasteiger partial charge in [0.1, 0.15) is 5.69 Å². The predicted molar refractivity (Wildman–Crippen MR) is 58.9 cm³/mol. The quantitative estimate of drug-likeness (QED) is 0.789. The van der Waals surface area contributed by atoms with Crippen molar-refractivity contribution in [1.29, 1.82) is 0 Å². The first-order chi connectivity index (χ1) is 8.54. The van der Waals surface area contributed by atoms with Gasteiger partial charge in [0.15, 0.2) is 17.4 Å². The number of methoxy groups -OCH3 is 1. The maximum Gasteiger partial charge on any atom is 0.223 e. The van der Waals surface area contributed by atoms with E-state index in [9.17, 15) is 13.2 Å². The van der Waals surface area contributed by atoms with Crippen LogP contribution in [0.15, 0.2) is 18.3 Å². The Morgan fingerprint density at radius 2 is 1.89 bits per heavy atom. The highest BCUT2D eigenvalue weighted by atomic mass is 35.5. The van der Waals surface area contributed by atoms with Crippen LogP contribution in [-0.4, -0.2) is 17.1 Å². The van der Waals surface area contributed by atoms with E-state index in [0.717, 1.165) is 25.4 Å². The molecule has 3 nitrogen and oxygen atoms in total. The lowest BCUT2D eigenvalue weighted by Crippen LogP contribution is -1.99. The standard InChI is InChI=1S/C11H6ClF3N2O/c1-18-10-5(2-3-6(13)8(10)15)9-7(14)4-16-11(12)17-9/h2-4H,1H3. The van der Waals surface area contributed by atoms with Gasteiger partial charge in [-0.25, -0.2) is 18.7 Å². The van der Waals surface area contributed by atoms with Crippen LogP contribution in [0.5, 0.6) is 5.75 Å². The molecule has 1 aromatic carbocycles. The van der Waals surface area contributed by atoms with Crippen molar-refractivity contribution >= 4 is 11.6 Å². The third kappa shape index (κ3) is 2.11. The van der Waals surface area contributed by atoms with Crippen molar-refractivity contribution < 1.29 is 17.9 Å². The Labute approximate surface area is 105 Å². The van der Waals surface area contributed by atoms with Gasteiger partial charge in [-0.3, -0.25) is 0 Å². The topological polar surface area (TPSA) is 35.0 Å². The summed E-state index contributed by atoms with van der Waals surface area (Å²) in [6.45, 7) is 0. The Kier molecular flexibility index (Phi) is 3.38. The van der Waals surface area contributed by atoms with Crippen LogP contribution in [0.25, 0.3) is 11.3 Å². The molecule has 0 N–H and O–H groups in total. The lowest BCUT2D eigenvalue weighted by Gasteiger charge is -2.10. The van der Waals surface area contributed by atoms with E-state index < -0.39 is 23.2 Å². The molecule has 0 aliphatic carbocycles. The van der Waals surface area contributed by atoms with Crippen LogP contribution in [0.2, 0.25) is 5.28 Å². The molecule has 0 amide bonds. The molecule has 0 unspecified atom stereocenters. The van der Waals surface area contributed by atoms with Crippen molar-refractivity contribution in [1.82, 2.24) is 9.97 Å². The average molecular weight is 275 g/mol. The highest BCUT2D eigenvalue weighted by Crippen LogP contribution is 2.33. The van der Waals surface area contributed by atoms with Crippen molar-refractivity contribution in [3.8, 4) is 17.0 Å². The van der Waals surface area contributed by atoms with Crippen LogP contribution in [0, 0.1) is 17.5 Å². The lowest BCUT2D eigenvalue weighted by atomic mass is 10.1. The van der Waals surface area contributed by atoms with Gasteiger partial charge in [-0.1, -0.05) is 0 Å². The normalized spacial score (nSPS) is 10.5. The van der Waals surface area contributed by atoms with Crippen LogP contribution < -0.4 is 4.74 Å². The van der Waals surface area contributed by atoms with Crippen molar-refractivity contribution in [2.45, 2.75) is 0 Å². The van der Waals surface area contributed by atoms with E-state index in [1.165, 1.54) is 0 Å². The molecule has 0 saturated carbocycles. The van der Waals surface area contributed by atoms with Crippen LogP contribution in [0.3, 0.4) is 0 Å². The summed E-state index contributed by atoms with van der Waals surface area (Å²) in [6.07, 6.45) is 0.839. The van der Waals surface area contributed by atoms with Gasteiger partial charge >= 0.3 is 0 Å². The fourth-order valence-corrected chi connectivity index (χ4v) is 1.59. The Hall–Kier alpha value is -1.82. The van der Waals surface area contributed by atoms with Gasteiger partial charge in [0, 0.05) is 5.56 Å². The fourth-order valence-electron chi connectivity index (χ4n) is 1.45. The molecule has 0 bridgehead atoms. The van der Waals surface area contributed by atoms with E-state index in [2.05, 4.69) is 9.97 Å². The highest BCUT2D eigenvalue weighted by Gasteiger charge is 2.19. The zero-order valence-corrected chi connectivity index (χ0v) is 9.80. The lowest BCUT2D eigenvalue weighted by molar-refractivity contribution is 0.373. The fraction of sp³-hybridized carbons (Fsp3) is 0.0909. The number of nitrogens with zero attached hydrogens (tertiary/aromatic N) is 2. The molecule has 1 aromatic heterocycles. The molecular formula is C11H6ClF3N2O. The van der Waals surface area contributed by atoms with Gasteiger partial charge in [0.05, 0.1) is 13.3 Å². The monoisotopic (exact) mass is 274 g/mol. The van der Waals surface area contributed by atoms with Crippen molar-refractivity contribution in [3.05, 3.63) is 41.1 Å². The molecule has 2 aromatic rings. The molecule has 0 aliphatic rings. The van der Waals surface area contributed by atoms with Crippen molar-refractivity contribution in [3.63, 3.8) is 0 Å². The second kappa shape index (κ2) is 4.81. The zero-order valence-electron chi connectivity index (χ0n) is 9.05. The van der Waals surface area contributed by atoms with Gasteiger partial charge in [-0.2, -0.15) is 4.39 Å². The van der Waals surface area contributed by atoms with Crippen LogP contribution in [-0.2, 0) is 0 Å². The van der Waals surface area contributed by atoms with Crippen LogP contribution in [0.4, 0.5) is 13.2 Å². The number of rotatable bonds is 2. The van der Waals surface area contributed by atoms with Gasteiger partial charge in [-0.05, 0) is 23.7 Å². The second-order valence-corrected chi connectivity index (χ2v) is 3.62. The molecule has 0 saturated heterocycles. The molecule has 2 rings (SSSR count). The summed E-state index contributed by atoms with van der Waals surface area (Å²) < 4.78 is 44.8. The number of halogens is 4. The summed E-state index contributed by atoms with van der Waals surface area (Å²) in [5, 5.41) is -0.210. The molecule has 0 aliphatic heterocycles. The summed E-state index contributed by atoms with van der Waals surface area (Å²) in [7, 11) is 1.14. The summed E-state index contributed by atoms with van der Waals surface area (Å²) in [6, 6.07) is 2.00. The first kappa shape index (κ1) is 12.6. The molecule has 0 radical (unpaired) electrons. The maximum absolute atomic E-state index is 13.5. The number of ether oxygens (including phenoxy) is 1. The Bertz CT molecular complexity index is 607. The van der Waals surface area contributed by atoms with E-state index in [1.807, 2.05) is 0 Å². The molecule has 0 atom stereocenters. The minimum Gasteiger partial charge on any atom is -0.493 e. The first-order valence-corrected chi connectivity index (χ1v) is 5.12. The van der Waals surface area contributed by atoms with Gasteiger partial charge in [-0.15, -0.1) is 0 Å². The van der Waals surface area contributed by atoms with Crippen molar-refractivity contribution in [2.75, 3.05) is 7.11 Å². The molecule has 7 heteroatoms. The second-order valence-electron chi connectivity index (χ2n) is 3.28. The van der Waals surface area contributed by atoms with Gasteiger partial charge in [0.25, 0.3) is 0 Å². The van der Waals surface area contributed by atoms with Crippen LogP contribution >= 0.6 is 11.6 Å². The molecule has 94 valence electrons. The number of aromatic nitrogens is 2. The van der Waals surface area contributed by atoms with E-state index in [1.54, 1.807) is 0 Å². The first-order valence-electron chi connectivity index (χ1n) is 4.75. The number of benzene rings is 1. The Balaban J connectivity index is 2.71. The molecule has 1 heterocycles. The van der Waals surface area contributed by atoms with Gasteiger partial charge < -0.3 is 4.74 Å². The average Bonchev–Trinajstić information content (AvgIpc) is 2.35. The SMILES string of the molecule is COc1c(-c2nc(Cl)ncc2F)ccc(F)c1F. The summed E-state index contributed by atoms with van der Waals surface area (Å²) in [5.41, 5.74) is -0.302. The van der Waals surface area contributed by atoms with Crippen LogP contribution in [0.1, 0.15) is 0 Å². The highest BCUT2D eigenvalue weighted by molar-refractivity contribution is 6.28. The zero-order chi connectivity index (χ0) is 13.3. The third-order valence-electron chi connectivity index (χ3n) is 2.22. The van der Waals surface area contributed by atoms with E-state index >= 15 is 0 Å². The minimum absolute atomic E-state index is 0.0433. The van der Waals surface area contributed by atoms with E-state index in [4.69, 9.17) is 16.3 Å². The number of hydrogen-bond acceptors (Lipinski definition) is 3. The summed E-state index contributed by atoms with van der Waals surface area (Å²) in [4.78, 5) is 7.06. The Morgan fingerprint density at radius 1 is 1.17 bits per heavy atom. The van der Waals surface area contributed by atoms with Gasteiger partial charge in [0.2, 0.25) is 11.1 Å². The third-order valence-corrected chi connectivity index (χ3v) is 2.41. The maximum atomic E-state index is 13.5. The predicted octanol–water partition coefficient (Wildman–Crippen LogP) is 3.22.